The highest BCUT2D eigenvalue weighted by molar-refractivity contribution is 5.53. The summed E-state index contributed by atoms with van der Waals surface area (Å²) in [6.45, 7) is 0.883. The lowest BCUT2D eigenvalue weighted by molar-refractivity contribution is -0.112. The summed E-state index contributed by atoms with van der Waals surface area (Å²) >= 11 is 0. The van der Waals surface area contributed by atoms with Gasteiger partial charge >= 0.3 is 0 Å². The average Bonchev–Trinajstić information content (AvgIpc) is 2.19. The largest absolute Gasteiger partial charge is 0.385 e. The molecule has 0 bridgehead atoms. The number of rotatable bonds is 5. The molecule has 0 amide bonds. The molecule has 13 heavy (non-hydrogen) atoms. The molecular weight excluding hydrogens is 164 g/mol. The van der Waals surface area contributed by atoms with Gasteiger partial charge in [0.1, 0.15) is 6.29 Å². The van der Waals surface area contributed by atoms with Gasteiger partial charge in [0.2, 0.25) is 0 Å². The van der Waals surface area contributed by atoms with Gasteiger partial charge in [-0.15, -0.1) is 0 Å². The maximum absolute atomic E-state index is 10.5. The number of hydrogen-bond acceptors (Lipinski definition) is 2. The summed E-state index contributed by atoms with van der Waals surface area (Å²) in [6.07, 6.45) is 8.29. The van der Waals surface area contributed by atoms with Crippen molar-refractivity contribution in [3.63, 3.8) is 0 Å². The summed E-state index contributed by atoms with van der Waals surface area (Å²) in [5.41, 5.74) is 0. The van der Waals surface area contributed by atoms with Crippen molar-refractivity contribution in [3.05, 3.63) is 0 Å². The van der Waals surface area contributed by atoms with Crippen LogP contribution < -0.4 is 0 Å². The number of aldehydes is 1. The first-order valence-electron chi connectivity index (χ1n) is 5.31. The van der Waals surface area contributed by atoms with Crippen LogP contribution in [0.3, 0.4) is 0 Å². The summed E-state index contributed by atoms with van der Waals surface area (Å²) in [6, 6.07) is 0. The first-order chi connectivity index (χ1) is 6.36. The van der Waals surface area contributed by atoms with Gasteiger partial charge in [0.15, 0.2) is 0 Å². The van der Waals surface area contributed by atoms with Crippen LogP contribution in [0.25, 0.3) is 0 Å². The predicted octanol–water partition coefficient (Wildman–Crippen LogP) is 2.42. The zero-order chi connectivity index (χ0) is 9.52. The zero-order valence-corrected chi connectivity index (χ0v) is 8.50. The second kappa shape index (κ2) is 6.14. The standard InChI is InChI=1S/C11H20O2/c1-13-8-2-3-10-4-6-11(9-12)7-5-10/h9-11H,2-8H2,1H3. The van der Waals surface area contributed by atoms with Gasteiger partial charge in [-0.3, -0.25) is 0 Å². The first kappa shape index (κ1) is 10.7. The van der Waals surface area contributed by atoms with Crippen LogP contribution in [-0.2, 0) is 9.53 Å². The molecular formula is C11H20O2. The Kier molecular flexibility index (Phi) is 5.06. The third-order valence-corrected chi connectivity index (χ3v) is 3.04. The maximum Gasteiger partial charge on any atom is 0.123 e. The van der Waals surface area contributed by atoms with Crippen molar-refractivity contribution in [2.24, 2.45) is 11.8 Å². The van der Waals surface area contributed by atoms with Crippen molar-refractivity contribution >= 4 is 6.29 Å². The molecule has 0 aliphatic heterocycles. The molecule has 0 unspecified atom stereocenters. The molecule has 0 aromatic heterocycles. The van der Waals surface area contributed by atoms with Gasteiger partial charge in [0, 0.05) is 19.6 Å². The van der Waals surface area contributed by atoms with E-state index in [9.17, 15) is 4.79 Å². The van der Waals surface area contributed by atoms with Crippen molar-refractivity contribution in [2.75, 3.05) is 13.7 Å². The lowest BCUT2D eigenvalue weighted by Gasteiger charge is -2.25. The Morgan fingerprint density at radius 2 is 2.00 bits per heavy atom. The number of carbonyl (C=O) groups is 1. The molecule has 2 heteroatoms. The van der Waals surface area contributed by atoms with Gasteiger partial charge < -0.3 is 9.53 Å². The highest BCUT2D eigenvalue weighted by atomic mass is 16.5. The van der Waals surface area contributed by atoms with E-state index in [0.717, 1.165) is 31.7 Å². The monoisotopic (exact) mass is 184 g/mol. The van der Waals surface area contributed by atoms with Crippen molar-refractivity contribution < 1.29 is 9.53 Å². The SMILES string of the molecule is COCCCC1CCC(C=O)CC1. The van der Waals surface area contributed by atoms with Crippen molar-refractivity contribution in [3.8, 4) is 0 Å². The summed E-state index contributed by atoms with van der Waals surface area (Å²) in [7, 11) is 1.75. The second-order valence-corrected chi connectivity index (χ2v) is 4.05. The van der Waals surface area contributed by atoms with Gasteiger partial charge in [-0.25, -0.2) is 0 Å². The Balaban J connectivity index is 2.07. The zero-order valence-electron chi connectivity index (χ0n) is 8.50. The fraction of sp³-hybridized carbons (Fsp3) is 0.909. The molecule has 0 N–H and O–H groups in total. The summed E-state index contributed by atoms with van der Waals surface area (Å²) < 4.78 is 5.02. The third-order valence-electron chi connectivity index (χ3n) is 3.04. The highest BCUT2D eigenvalue weighted by Gasteiger charge is 2.19. The molecule has 0 heterocycles. The molecule has 1 fully saturated rings. The van der Waals surface area contributed by atoms with Crippen LogP contribution in [-0.4, -0.2) is 20.0 Å². The first-order valence-corrected chi connectivity index (χ1v) is 5.31. The van der Waals surface area contributed by atoms with Gasteiger partial charge in [-0.2, -0.15) is 0 Å². The molecule has 0 radical (unpaired) electrons. The Morgan fingerprint density at radius 1 is 1.31 bits per heavy atom. The quantitative estimate of drug-likeness (QED) is 0.484. The Bertz CT molecular complexity index is 137. The van der Waals surface area contributed by atoms with E-state index in [0.29, 0.717) is 5.92 Å². The molecule has 1 rings (SSSR count). The maximum atomic E-state index is 10.5. The van der Waals surface area contributed by atoms with Crippen LogP contribution in [0, 0.1) is 11.8 Å². The summed E-state index contributed by atoms with van der Waals surface area (Å²) in [4.78, 5) is 10.5. The van der Waals surface area contributed by atoms with Crippen LogP contribution in [0.5, 0.6) is 0 Å². The molecule has 1 aliphatic carbocycles. The number of methoxy groups -OCH3 is 1. The molecule has 0 spiro atoms. The highest BCUT2D eigenvalue weighted by Crippen LogP contribution is 2.30. The summed E-state index contributed by atoms with van der Waals surface area (Å²) in [5, 5.41) is 0. The minimum Gasteiger partial charge on any atom is -0.385 e. The lowest BCUT2D eigenvalue weighted by atomic mass is 9.81. The van der Waals surface area contributed by atoms with Crippen LogP contribution in [0.2, 0.25) is 0 Å². The van der Waals surface area contributed by atoms with E-state index in [-0.39, 0.29) is 0 Å². The van der Waals surface area contributed by atoms with Gasteiger partial charge in [-0.05, 0) is 44.4 Å². The van der Waals surface area contributed by atoms with E-state index in [1.165, 1.54) is 25.7 Å². The second-order valence-electron chi connectivity index (χ2n) is 4.05. The molecule has 1 saturated carbocycles. The normalized spacial score (nSPS) is 28.7. The van der Waals surface area contributed by atoms with Crippen molar-refractivity contribution in [1.29, 1.82) is 0 Å². The molecule has 0 aromatic carbocycles. The molecule has 0 aromatic rings. The Labute approximate surface area is 80.7 Å². The van der Waals surface area contributed by atoms with Crippen molar-refractivity contribution in [2.45, 2.75) is 38.5 Å². The smallest absolute Gasteiger partial charge is 0.123 e. The van der Waals surface area contributed by atoms with Gasteiger partial charge in [-0.1, -0.05) is 0 Å². The van der Waals surface area contributed by atoms with Crippen molar-refractivity contribution in [1.82, 2.24) is 0 Å². The van der Waals surface area contributed by atoms with E-state index < -0.39 is 0 Å². The van der Waals surface area contributed by atoms with Crippen LogP contribution in [0.1, 0.15) is 38.5 Å². The van der Waals surface area contributed by atoms with Crippen LogP contribution in [0.4, 0.5) is 0 Å². The number of carbonyl (C=O) groups excluding carboxylic acids is 1. The topological polar surface area (TPSA) is 26.3 Å². The fourth-order valence-electron chi connectivity index (χ4n) is 2.13. The minimum absolute atomic E-state index is 0.360. The van der Waals surface area contributed by atoms with Crippen LogP contribution in [0.15, 0.2) is 0 Å². The lowest BCUT2D eigenvalue weighted by Crippen LogP contribution is -2.15. The number of ether oxygens (including phenoxy) is 1. The van der Waals surface area contributed by atoms with Crippen LogP contribution >= 0.6 is 0 Å². The van der Waals surface area contributed by atoms with E-state index >= 15 is 0 Å². The Morgan fingerprint density at radius 3 is 2.54 bits per heavy atom. The molecule has 76 valence electrons. The minimum atomic E-state index is 0.360. The fourth-order valence-corrected chi connectivity index (χ4v) is 2.13. The molecule has 1 aliphatic rings. The van der Waals surface area contributed by atoms with E-state index in [1.54, 1.807) is 7.11 Å². The average molecular weight is 184 g/mol. The Hall–Kier alpha value is -0.370. The van der Waals surface area contributed by atoms with E-state index in [4.69, 9.17) is 4.74 Å². The van der Waals surface area contributed by atoms with E-state index in [2.05, 4.69) is 0 Å². The number of hydrogen-bond donors (Lipinski definition) is 0. The van der Waals surface area contributed by atoms with E-state index in [1.807, 2.05) is 0 Å². The van der Waals surface area contributed by atoms with Gasteiger partial charge in [0.25, 0.3) is 0 Å². The molecule has 2 nitrogen and oxygen atoms in total. The molecule has 0 atom stereocenters. The molecule has 0 saturated heterocycles. The predicted molar refractivity (Wildman–Crippen MR) is 52.6 cm³/mol. The van der Waals surface area contributed by atoms with Gasteiger partial charge in [0.05, 0.1) is 0 Å². The summed E-state index contributed by atoms with van der Waals surface area (Å²) in [5.74, 6) is 1.21. The third kappa shape index (κ3) is 3.90.